The van der Waals surface area contributed by atoms with Gasteiger partial charge in [-0.05, 0) is 36.5 Å². The SMILES string of the molecule is CCCCCCCCOc1cc2nc(c1)C#CC1(OC)c3ccccc3C(OC)(C#Cc3cc(OCCCCCCCC)cc(n3)C#CC3(OC)c4ccccc4C(OC)(C#C2)c2ccccc23)c2ccccc21. The van der Waals surface area contributed by atoms with Gasteiger partial charge in [-0.2, -0.15) is 0 Å². The van der Waals surface area contributed by atoms with Crippen LogP contribution in [0.3, 0.4) is 0 Å². The molecule has 6 aromatic rings. The summed E-state index contributed by atoms with van der Waals surface area (Å²) in [5, 5.41) is 0. The minimum absolute atomic E-state index is 0.469. The van der Waals surface area contributed by atoms with Gasteiger partial charge in [0.2, 0.25) is 0 Å². The first-order chi connectivity index (χ1) is 36.3. The third-order valence-corrected chi connectivity index (χ3v) is 14.6. The van der Waals surface area contributed by atoms with Gasteiger partial charge in [0.15, 0.2) is 22.4 Å². The summed E-state index contributed by atoms with van der Waals surface area (Å²) < 4.78 is 39.7. The second-order valence-electron chi connectivity index (χ2n) is 19.1. The van der Waals surface area contributed by atoms with Gasteiger partial charge in [0, 0.05) is 97.2 Å². The third kappa shape index (κ3) is 9.97. The van der Waals surface area contributed by atoms with Crippen molar-refractivity contribution in [1.82, 2.24) is 9.97 Å². The lowest BCUT2D eigenvalue weighted by molar-refractivity contribution is 0.0329. The first-order valence-electron chi connectivity index (χ1n) is 26.4. The largest absolute Gasteiger partial charge is 0.493 e. The van der Waals surface area contributed by atoms with Crippen LogP contribution < -0.4 is 9.47 Å². The van der Waals surface area contributed by atoms with Crippen molar-refractivity contribution >= 4 is 0 Å². The smallest absolute Gasteiger partial charge is 0.180 e. The molecule has 8 nitrogen and oxygen atoms in total. The van der Waals surface area contributed by atoms with Crippen molar-refractivity contribution in [2.75, 3.05) is 41.7 Å². The minimum Gasteiger partial charge on any atom is -0.493 e. The molecule has 4 aromatic carbocycles. The molecule has 8 heteroatoms. The van der Waals surface area contributed by atoms with Gasteiger partial charge in [0.1, 0.15) is 34.3 Å². The first kappa shape index (κ1) is 51.7. The summed E-state index contributed by atoms with van der Waals surface area (Å²) in [5.74, 6) is 29.5. The van der Waals surface area contributed by atoms with Gasteiger partial charge in [-0.15, -0.1) is 0 Å². The van der Waals surface area contributed by atoms with Crippen LogP contribution in [0, 0.1) is 47.4 Å². The minimum atomic E-state index is -1.26. The number of ether oxygens (including phenoxy) is 6. The molecule has 3 heterocycles. The lowest BCUT2D eigenvalue weighted by Gasteiger charge is -2.43. The number of unbranched alkanes of at least 4 members (excludes halogenated alkanes) is 10. The quantitative estimate of drug-likeness (QED) is 0.0553. The molecule has 0 saturated heterocycles. The fraction of sp³-hybridized carbons (Fsp3) is 0.364. The predicted molar refractivity (Wildman–Crippen MR) is 291 cm³/mol. The molecular formula is C66H66N2O6. The molecule has 0 spiro atoms. The zero-order chi connectivity index (χ0) is 51.4. The second kappa shape index (κ2) is 23.4. The number of fused-ring (bicyclic) bond motifs is 10. The predicted octanol–water partition coefficient (Wildman–Crippen LogP) is 12.7. The van der Waals surface area contributed by atoms with Gasteiger partial charge in [-0.1, -0.05) is 199 Å². The Balaban J connectivity index is 1.28. The van der Waals surface area contributed by atoms with Crippen LogP contribution in [0.1, 0.15) is 158 Å². The van der Waals surface area contributed by atoms with Crippen LogP contribution in [0.25, 0.3) is 0 Å². The molecule has 0 N–H and O–H groups in total. The number of pyridine rings is 2. The molecule has 2 aromatic heterocycles. The number of aromatic nitrogens is 2. The van der Waals surface area contributed by atoms with Crippen molar-refractivity contribution in [3.8, 4) is 58.9 Å². The molecule has 3 aliphatic rings. The van der Waals surface area contributed by atoms with Crippen molar-refractivity contribution in [3.63, 3.8) is 0 Å². The Kier molecular flexibility index (Phi) is 16.3. The van der Waals surface area contributed by atoms with E-state index < -0.39 is 22.4 Å². The Morgan fingerprint density at radius 3 is 0.797 bits per heavy atom. The maximum absolute atomic E-state index is 6.66. The van der Waals surface area contributed by atoms with Gasteiger partial charge in [0.25, 0.3) is 0 Å². The number of hydrogen-bond donors (Lipinski definition) is 0. The Bertz CT molecular complexity index is 2740. The van der Waals surface area contributed by atoms with Crippen molar-refractivity contribution < 1.29 is 28.4 Å². The molecule has 0 saturated carbocycles. The standard InChI is InChI=1S/C66H66N2O6/c1-7-9-11-13-15-25-43-73-53-45-49-35-39-63(69-3)55-27-17-21-31-59(55)65(71-5,60-32-22-18-28-56(60)63)41-37-51-47-54(74-44-26-16-14-12-10-8-2)48-52(68-51)38-42-66(72-6)61-33-23-19-29-57(61)64(70-4,40-36-50(46-53)67-49)58-30-20-24-34-62(58)66/h17-24,27-34,45-48H,7-16,25-26,43-44H2,1-6H3. The average Bonchev–Trinajstić information content (AvgIpc) is 3.44. The van der Waals surface area contributed by atoms with Crippen molar-refractivity contribution in [3.05, 3.63) is 189 Å². The van der Waals surface area contributed by atoms with E-state index in [1.807, 2.05) is 121 Å². The van der Waals surface area contributed by atoms with E-state index in [0.29, 0.717) is 47.5 Å². The summed E-state index contributed by atoms with van der Waals surface area (Å²) in [6.45, 7) is 5.57. The number of nitrogens with zero attached hydrogens (tertiary/aromatic N) is 2. The normalized spacial score (nSPS) is 20.4. The van der Waals surface area contributed by atoms with Crippen molar-refractivity contribution in [2.24, 2.45) is 0 Å². The first-order valence-corrected chi connectivity index (χ1v) is 26.4. The van der Waals surface area contributed by atoms with E-state index in [0.717, 1.165) is 70.2 Å². The van der Waals surface area contributed by atoms with Gasteiger partial charge in [-0.25, -0.2) is 9.97 Å². The summed E-state index contributed by atoms with van der Waals surface area (Å²) in [6.07, 6.45) is 13.7. The molecule has 1 aliphatic heterocycles. The molecule has 9 rings (SSSR count). The topological polar surface area (TPSA) is 81.2 Å². The van der Waals surface area contributed by atoms with E-state index in [9.17, 15) is 0 Å². The molecular weight excluding hydrogens is 917 g/mol. The van der Waals surface area contributed by atoms with E-state index in [2.05, 4.69) is 61.2 Å². The average molecular weight is 983 g/mol. The van der Waals surface area contributed by atoms with E-state index in [-0.39, 0.29) is 0 Å². The highest BCUT2D eigenvalue weighted by molar-refractivity contribution is 5.67. The number of methoxy groups -OCH3 is 4. The summed E-state index contributed by atoms with van der Waals surface area (Å²) >= 11 is 0. The maximum Gasteiger partial charge on any atom is 0.180 e. The Morgan fingerprint density at radius 2 is 0.568 bits per heavy atom. The molecule has 2 aliphatic carbocycles. The molecule has 0 unspecified atom stereocenters. The summed E-state index contributed by atoms with van der Waals surface area (Å²) in [5.41, 5.74) is 3.16. The van der Waals surface area contributed by atoms with E-state index in [1.165, 1.54) is 51.4 Å². The third-order valence-electron chi connectivity index (χ3n) is 14.6. The lowest BCUT2D eigenvalue weighted by Crippen LogP contribution is -2.43. The highest BCUT2D eigenvalue weighted by Gasteiger charge is 2.52. The molecule has 0 fully saturated rings. The van der Waals surface area contributed by atoms with E-state index in [4.69, 9.17) is 38.4 Å². The molecule has 0 radical (unpaired) electrons. The van der Waals surface area contributed by atoms with Crippen LogP contribution in [-0.4, -0.2) is 51.6 Å². The van der Waals surface area contributed by atoms with Crippen LogP contribution in [0.2, 0.25) is 0 Å². The second-order valence-corrected chi connectivity index (χ2v) is 19.1. The Morgan fingerprint density at radius 1 is 0.338 bits per heavy atom. The van der Waals surface area contributed by atoms with Crippen molar-refractivity contribution in [2.45, 2.75) is 113 Å². The van der Waals surface area contributed by atoms with Crippen LogP contribution in [-0.2, 0) is 41.4 Å². The fourth-order valence-electron chi connectivity index (χ4n) is 10.8. The van der Waals surface area contributed by atoms with E-state index >= 15 is 0 Å². The van der Waals surface area contributed by atoms with Gasteiger partial charge in [0.05, 0.1) is 13.2 Å². The molecule has 0 atom stereocenters. The number of rotatable bonds is 20. The zero-order valence-electron chi connectivity index (χ0n) is 43.8. The zero-order valence-corrected chi connectivity index (χ0v) is 43.8. The number of benzene rings is 4. The summed E-state index contributed by atoms with van der Waals surface area (Å²) in [4.78, 5) is 10.2. The van der Waals surface area contributed by atoms with Crippen LogP contribution in [0.4, 0.5) is 0 Å². The highest BCUT2D eigenvalue weighted by Crippen LogP contribution is 2.52. The molecule has 0 amide bonds. The summed E-state index contributed by atoms with van der Waals surface area (Å²) in [7, 11) is 6.75. The van der Waals surface area contributed by atoms with Gasteiger partial charge in [-0.3, -0.25) is 0 Å². The maximum atomic E-state index is 6.66. The Labute approximate surface area is 438 Å². The fourth-order valence-corrected chi connectivity index (χ4v) is 10.8. The summed E-state index contributed by atoms with van der Waals surface area (Å²) in [6, 6.07) is 39.7. The van der Waals surface area contributed by atoms with Crippen LogP contribution in [0.5, 0.6) is 11.5 Å². The number of hydrogen-bond acceptors (Lipinski definition) is 8. The van der Waals surface area contributed by atoms with Crippen molar-refractivity contribution in [1.29, 1.82) is 0 Å². The molecule has 8 bridgehead atoms. The molecule has 376 valence electrons. The van der Waals surface area contributed by atoms with Crippen LogP contribution >= 0.6 is 0 Å². The van der Waals surface area contributed by atoms with Crippen LogP contribution in [0.15, 0.2) is 121 Å². The highest BCUT2D eigenvalue weighted by atomic mass is 16.5. The van der Waals surface area contributed by atoms with E-state index in [1.54, 1.807) is 28.4 Å². The Hall–Kier alpha value is -7.14. The lowest BCUT2D eigenvalue weighted by atomic mass is 9.67. The monoisotopic (exact) mass is 982 g/mol. The molecule has 74 heavy (non-hydrogen) atoms. The van der Waals surface area contributed by atoms with Gasteiger partial charge < -0.3 is 28.4 Å². The van der Waals surface area contributed by atoms with Gasteiger partial charge >= 0.3 is 0 Å².